The third kappa shape index (κ3) is 3.92. The van der Waals surface area contributed by atoms with Crippen LogP contribution < -0.4 is 20.8 Å². The fourth-order valence-corrected chi connectivity index (χ4v) is 4.98. The number of carbonyl (C=O) groups excluding carboxylic acids is 1. The second-order valence-electron chi connectivity index (χ2n) is 8.96. The molecule has 8 nitrogen and oxygen atoms in total. The highest BCUT2D eigenvalue weighted by atomic mass is 19.1. The molecule has 0 unspecified atom stereocenters. The molecular weight excluding hydrogens is 465 g/mol. The number of benzene rings is 3. The molecule has 0 saturated carbocycles. The van der Waals surface area contributed by atoms with Crippen molar-refractivity contribution in [1.82, 2.24) is 4.57 Å². The fraction of sp³-hybridized carbons (Fsp3) is 0.222. The van der Waals surface area contributed by atoms with Crippen LogP contribution in [0, 0.1) is 11.7 Å². The largest absolute Gasteiger partial charge is 0.492 e. The molecule has 3 N–H and O–H groups in total. The van der Waals surface area contributed by atoms with Gasteiger partial charge in [-0.15, -0.1) is 0 Å². The molecule has 0 radical (unpaired) electrons. The standard InChI is InChI=1S/C27H24FN3O5/c1-36-25-22-19(11-21(28)23(25)30-9-8-18(13-30)26(29)33)24(32)20(27(34)35)14-31(22)12-15-6-7-16-4-2-3-5-17(16)10-15/h2-7,10-11,14,18H,8-9,12-13H2,1H3,(H2,29,33)(H,34,35)/t18-/m1/s1. The molecule has 1 amide bonds. The van der Waals surface area contributed by atoms with E-state index in [0.717, 1.165) is 22.4 Å². The van der Waals surface area contributed by atoms with E-state index in [9.17, 15) is 19.5 Å². The van der Waals surface area contributed by atoms with Crippen LogP contribution in [0.3, 0.4) is 0 Å². The van der Waals surface area contributed by atoms with Crippen molar-refractivity contribution in [3.63, 3.8) is 0 Å². The first-order chi connectivity index (χ1) is 17.3. The molecule has 0 bridgehead atoms. The van der Waals surface area contributed by atoms with Crippen molar-refractivity contribution >= 4 is 39.2 Å². The van der Waals surface area contributed by atoms with Gasteiger partial charge in [-0.25, -0.2) is 9.18 Å². The van der Waals surface area contributed by atoms with Crippen molar-refractivity contribution < 1.29 is 23.8 Å². The maximum absolute atomic E-state index is 15.5. The van der Waals surface area contributed by atoms with Gasteiger partial charge in [0.05, 0.1) is 23.9 Å². The molecule has 1 aliphatic heterocycles. The predicted octanol–water partition coefficient (Wildman–Crippen LogP) is 3.36. The van der Waals surface area contributed by atoms with E-state index >= 15 is 4.39 Å². The van der Waals surface area contributed by atoms with E-state index < -0.39 is 34.6 Å². The summed E-state index contributed by atoms with van der Waals surface area (Å²) in [5, 5.41) is 11.6. The zero-order chi connectivity index (χ0) is 25.6. The Kier molecular flexibility index (Phi) is 5.83. The zero-order valence-corrected chi connectivity index (χ0v) is 19.5. The number of aromatic carboxylic acids is 1. The number of nitrogens with zero attached hydrogens (tertiary/aromatic N) is 2. The van der Waals surface area contributed by atoms with Crippen LogP contribution in [0.1, 0.15) is 22.3 Å². The van der Waals surface area contributed by atoms with E-state index in [0.29, 0.717) is 13.0 Å². The Bertz CT molecular complexity index is 1600. The Hall–Kier alpha value is -4.40. The number of anilines is 1. The van der Waals surface area contributed by atoms with Crippen molar-refractivity contribution in [3.8, 4) is 5.75 Å². The van der Waals surface area contributed by atoms with Gasteiger partial charge in [0.15, 0.2) is 11.6 Å². The van der Waals surface area contributed by atoms with Crippen LogP contribution in [0.2, 0.25) is 0 Å². The van der Waals surface area contributed by atoms with Crippen LogP contribution in [-0.4, -0.2) is 41.7 Å². The van der Waals surface area contributed by atoms with Crippen molar-refractivity contribution in [2.24, 2.45) is 11.7 Å². The SMILES string of the molecule is COc1c(N2CC[C@@H](C(N)=O)C2)c(F)cc2c(=O)c(C(=O)O)cn(Cc3ccc4ccccc4c3)c12. The number of fused-ring (bicyclic) bond motifs is 2. The summed E-state index contributed by atoms with van der Waals surface area (Å²) in [5.41, 5.74) is 5.45. The third-order valence-corrected chi connectivity index (χ3v) is 6.75. The molecular formula is C27H24FN3O5. The molecule has 1 fully saturated rings. The lowest BCUT2D eigenvalue weighted by Gasteiger charge is -2.24. The van der Waals surface area contributed by atoms with Crippen molar-refractivity contribution in [2.75, 3.05) is 25.1 Å². The number of carboxylic acid groups (broad SMARTS) is 1. The average Bonchev–Trinajstić information content (AvgIpc) is 3.35. The van der Waals surface area contributed by atoms with E-state index in [1.807, 2.05) is 42.5 Å². The summed E-state index contributed by atoms with van der Waals surface area (Å²) in [6.07, 6.45) is 1.74. The van der Waals surface area contributed by atoms with Gasteiger partial charge in [-0.3, -0.25) is 9.59 Å². The third-order valence-electron chi connectivity index (χ3n) is 6.75. The van der Waals surface area contributed by atoms with Crippen LogP contribution in [-0.2, 0) is 11.3 Å². The molecule has 36 heavy (non-hydrogen) atoms. The Balaban J connectivity index is 1.73. The van der Waals surface area contributed by atoms with Crippen LogP contribution in [0.5, 0.6) is 5.75 Å². The first-order valence-electron chi connectivity index (χ1n) is 11.5. The molecule has 0 spiro atoms. The van der Waals surface area contributed by atoms with E-state index in [2.05, 4.69) is 0 Å². The smallest absolute Gasteiger partial charge is 0.341 e. The lowest BCUT2D eigenvalue weighted by atomic mass is 10.1. The van der Waals surface area contributed by atoms with Gasteiger partial charge in [0.1, 0.15) is 11.3 Å². The molecule has 3 aromatic carbocycles. The number of carboxylic acids is 1. The maximum atomic E-state index is 15.5. The second kappa shape index (κ2) is 8.99. The fourth-order valence-electron chi connectivity index (χ4n) is 4.98. The molecule has 5 rings (SSSR count). The lowest BCUT2D eigenvalue weighted by Crippen LogP contribution is -2.28. The Morgan fingerprint density at radius 3 is 2.58 bits per heavy atom. The number of hydrogen-bond donors (Lipinski definition) is 2. The Morgan fingerprint density at radius 2 is 1.92 bits per heavy atom. The van der Waals surface area contributed by atoms with Crippen molar-refractivity contribution in [2.45, 2.75) is 13.0 Å². The number of rotatable bonds is 6. The summed E-state index contributed by atoms with van der Waals surface area (Å²) < 4.78 is 22.7. The minimum absolute atomic E-state index is 0.0977. The average molecular weight is 490 g/mol. The van der Waals surface area contributed by atoms with Crippen LogP contribution in [0.15, 0.2) is 59.5 Å². The van der Waals surface area contributed by atoms with E-state index in [1.165, 1.54) is 13.3 Å². The Labute approximate surface area is 205 Å². The molecule has 0 aliphatic carbocycles. The van der Waals surface area contributed by atoms with Crippen LogP contribution in [0.4, 0.5) is 10.1 Å². The van der Waals surface area contributed by atoms with Gasteiger partial charge in [0, 0.05) is 25.8 Å². The van der Waals surface area contributed by atoms with E-state index in [-0.39, 0.29) is 35.4 Å². The highest BCUT2D eigenvalue weighted by Crippen LogP contribution is 2.40. The topological polar surface area (TPSA) is 115 Å². The monoisotopic (exact) mass is 489 g/mol. The van der Waals surface area contributed by atoms with Gasteiger partial charge in [-0.05, 0) is 34.9 Å². The molecule has 1 aliphatic rings. The summed E-state index contributed by atoms with van der Waals surface area (Å²) in [6, 6.07) is 14.7. The molecule has 1 saturated heterocycles. The first-order valence-corrected chi connectivity index (χ1v) is 11.5. The maximum Gasteiger partial charge on any atom is 0.341 e. The van der Waals surface area contributed by atoms with E-state index in [4.69, 9.17) is 10.5 Å². The summed E-state index contributed by atoms with van der Waals surface area (Å²) in [4.78, 5) is 38.3. The van der Waals surface area contributed by atoms with E-state index in [1.54, 1.807) is 9.47 Å². The molecule has 184 valence electrons. The van der Waals surface area contributed by atoms with Gasteiger partial charge in [0.25, 0.3) is 0 Å². The van der Waals surface area contributed by atoms with Gasteiger partial charge >= 0.3 is 5.97 Å². The number of pyridine rings is 1. The first kappa shape index (κ1) is 23.3. The Morgan fingerprint density at radius 1 is 1.17 bits per heavy atom. The number of carbonyl (C=O) groups is 2. The minimum Gasteiger partial charge on any atom is -0.492 e. The molecule has 1 aromatic heterocycles. The zero-order valence-electron chi connectivity index (χ0n) is 19.5. The number of nitrogens with two attached hydrogens (primary N) is 1. The number of amides is 1. The van der Waals surface area contributed by atoms with Crippen LogP contribution in [0.25, 0.3) is 21.7 Å². The number of halogens is 1. The predicted molar refractivity (Wildman–Crippen MR) is 134 cm³/mol. The highest BCUT2D eigenvalue weighted by Gasteiger charge is 2.32. The van der Waals surface area contributed by atoms with Crippen molar-refractivity contribution in [1.29, 1.82) is 0 Å². The summed E-state index contributed by atoms with van der Waals surface area (Å²) >= 11 is 0. The second-order valence-corrected chi connectivity index (χ2v) is 8.96. The van der Waals surface area contributed by atoms with Gasteiger partial charge in [-0.1, -0.05) is 36.4 Å². The van der Waals surface area contributed by atoms with Gasteiger partial charge in [0.2, 0.25) is 11.3 Å². The van der Waals surface area contributed by atoms with Gasteiger partial charge < -0.3 is 25.0 Å². The van der Waals surface area contributed by atoms with Crippen LogP contribution >= 0.6 is 0 Å². The number of ether oxygens (including phenoxy) is 1. The summed E-state index contributed by atoms with van der Waals surface area (Å²) in [7, 11) is 1.37. The van der Waals surface area contributed by atoms with Crippen molar-refractivity contribution in [3.05, 3.63) is 81.9 Å². The van der Waals surface area contributed by atoms with Gasteiger partial charge in [-0.2, -0.15) is 0 Å². The highest BCUT2D eigenvalue weighted by molar-refractivity contribution is 5.97. The lowest BCUT2D eigenvalue weighted by molar-refractivity contribution is -0.121. The molecule has 1 atom stereocenters. The minimum atomic E-state index is -1.40. The number of hydrogen-bond acceptors (Lipinski definition) is 5. The molecule has 2 heterocycles. The summed E-state index contributed by atoms with van der Waals surface area (Å²) in [5.74, 6) is -2.93. The number of primary amides is 1. The number of aromatic nitrogens is 1. The quantitative estimate of drug-likeness (QED) is 0.429. The normalized spacial score (nSPS) is 15.5. The molecule has 4 aromatic rings. The molecule has 9 heteroatoms. The number of methoxy groups -OCH3 is 1. The summed E-state index contributed by atoms with van der Waals surface area (Å²) in [6.45, 7) is 0.817.